The first-order valence-corrected chi connectivity index (χ1v) is 13.6. The summed E-state index contributed by atoms with van der Waals surface area (Å²) >= 11 is 0. The van der Waals surface area contributed by atoms with Crippen LogP contribution in [-0.2, 0) is 23.2 Å². The monoisotopic (exact) mass is 514 g/mol. The second-order valence-electron chi connectivity index (χ2n) is 10.4. The number of ether oxygens (including phenoxy) is 1. The molecule has 3 N–H and O–H groups in total. The van der Waals surface area contributed by atoms with Crippen molar-refractivity contribution in [3.8, 4) is 22.8 Å². The summed E-state index contributed by atoms with van der Waals surface area (Å²) in [6.45, 7) is 7.29. The molecule has 9 nitrogen and oxygen atoms in total. The molecular formula is C26H34N4O5S. The fourth-order valence-electron chi connectivity index (χ4n) is 4.88. The van der Waals surface area contributed by atoms with Crippen LogP contribution in [-0.4, -0.2) is 64.8 Å². The van der Waals surface area contributed by atoms with E-state index in [0.29, 0.717) is 16.7 Å². The van der Waals surface area contributed by atoms with Gasteiger partial charge in [0, 0.05) is 53.9 Å². The van der Waals surface area contributed by atoms with E-state index in [1.54, 1.807) is 6.07 Å². The number of rotatable bonds is 10. The summed E-state index contributed by atoms with van der Waals surface area (Å²) in [6.07, 6.45) is 0.963. The van der Waals surface area contributed by atoms with Crippen LogP contribution >= 0.6 is 0 Å². The molecule has 0 spiro atoms. The molecule has 10 heteroatoms. The maximum absolute atomic E-state index is 12.7. The highest BCUT2D eigenvalue weighted by Crippen LogP contribution is 2.43. The van der Waals surface area contributed by atoms with E-state index in [9.17, 15) is 13.2 Å². The van der Waals surface area contributed by atoms with Gasteiger partial charge in [-0.3, -0.25) is 4.79 Å². The van der Waals surface area contributed by atoms with Crippen LogP contribution < -0.4 is 19.6 Å². The van der Waals surface area contributed by atoms with Gasteiger partial charge in [0.2, 0.25) is 0 Å². The van der Waals surface area contributed by atoms with Crippen molar-refractivity contribution in [3.63, 3.8) is 0 Å². The third kappa shape index (κ3) is 5.66. The Morgan fingerprint density at radius 1 is 1.17 bits per heavy atom. The van der Waals surface area contributed by atoms with Gasteiger partial charge in [-0.2, -0.15) is 8.42 Å². The highest BCUT2D eigenvalue weighted by Gasteiger charge is 2.32. The molecule has 3 aromatic rings. The number of hydrogen-bond donors (Lipinski definition) is 3. The number of benzene rings is 2. The van der Waals surface area contributed by atoms with Crippen LogP contribution in [0.1, 0.15) is 35.3 Å². The van der Waals surface area contributed by atoms with Gasteiger partial charge in [0.05, 0.1) is 18.9 Å². The fraction of sp³-hybridized carbons (Fsp3) is 0.423. The van der Waals surface area contributed by atoms with Crippen molar-refractivity contribution >= 4 is 26.9 Å². The maximum atomic E-state index is 12.7. The Balaban J connectivity index is 1.65. The van der Waals surface area contributed by atoms with E-state index in [4.69, 9.17) is 8.92 Å². The number of nitrogens with one attached hydrogen (secondary N) is 3. The molecule has 1 amide bonds. The zero-order valence-corrected chi connectivity index (χ0v) is 22.4. The van der Waals surface area contributed by atoms with Crippen LogP contribution in [0.25, 0.3) is 22.2 Å². The molecule has 0 saturated heterocycles. The number of aromatic nitrogens is 1. The van der Waals surface area contributed by atoms with Gasteiger partial charge in [-0.05, 0) is 49.3 Å². The van der Waals surface area contributed by atoms with Gasteiger partial charge in [-0.15, -0.1) is 0 Å². The average molecular weight is 515 g/mol. The molecule has 36 heavy (non-hydrogen) atoms. The Bertz CT molecular complexity index is 1410. The van der Waals surface area contributed by atoms with E-state index in [2.05, 4.69) is 60.6 Å². The minimum absolute atomic E-state index is 0.0405. The predicted molar refractivity (Wildman–Crippen MR) is 141 cm³/mol. The molecule has 1 aliphatic rings. The van der Waals surface area contributed by atoms with Crippen LogP contribution in [0, 0.1) is 5.41 Å². The first kappa shape index (κ1) is 26.0. The van der Waals surface area contributed by atoms with Crippen LogP contribution in [0.15, 0.2) is 30.3 Å². The number of hydrogen-bond acceptors (Lipinski definition) is 7. The lowest BCUT2D eigenvalue weighted by Gasteiger charge is -2.28. The molecule has 2 heterocycles. The first-order valence-electron chi connectivity index (χ1n) is 11.8. The second kappa shape index (κ2) is 9.76. The smallest absolute Gasteiger partial charge is 0.306 e. The van der Waals surface area contributed by atoms with E-state index in [1.807, 2.05) is 12.1 Å². The number of amides is 1. The number of H-pyrrole nitrogens is 1. The van der Waals surface area contributed by atoms with Crippen LogP contribution in [0.2, 0.25) is 0 Å². The van der Waals surface area contributed by atoms with Gasteiger partial charge in [-0.1, -0.05) is 19.9 Å². The molecule has 0 saturated carbocycles. The second-order valence-corrected chi connectivity index (χ2v) is 12.0. The standard InChI is InChI=1S/C26H34N4O5S/c1-26(2,15-30(3)4)14-27-12-16-7-8-20-17(9-16)10-21(29-20)18-11-22(34-5)24(35-36(6,32)33)19-13-28-25(31)23(18)19/h7-11,27,29H,12-15H2,1-6H3,(H,28,31). The lowest BCUT2D eigenvalue weighted by Crippen LogP contribution is -2.37. The van der Waals surface area contributed by atoms with Gasteiger partial charge < -0.3 is 29.4 Å². The molecule has 0 bridgehead atoms. The number of fused-ring (bicyclic) bond motifs is 2. The number of methoxy groups -OCH3 is 1. The van der Waals surface area contributed by atoms with E-state index < -0.39 is 10.1 Å². The third-order valence-corrected chi connectivity index (χ3v) is 6.57. The highest BCUT2D eigenvalue weighted by atomic mass is 32.2. The normalized spacial score (nSPS) is 13.8. The molecule has 0 atom stereocenters. The maximum Gasteiger partial charge on any atom is 0.306 e. The van der Waals surface area contributed by atoms with Crippen molar-refractivity contribution in [2.75, 3.05) is 40.6 Å². The number of carbonyl (C=O) groups excluding carboxylic acids is 1. The summed E-state index contributed by atoms with van der Waals surface area (Å²) in [5, 5.41) is 7.34. The number of aromatic amines is 1. The van der Waals surface area contributed by atoms with Gasteiger partial charge in [-0.25, -0.2) is 0 Å². The Morgan fingerprint density at radius 2 is 1.92 bits per heavy atom. The summed E-state index contributed by atoms with van der Waals surface area (Å²) in [6, 6.07) is 9.87. The van der Waals surface area contributed by atoms with Crippen molar-refractivity contribution in [3.05, 3.63) is 47.0 Å². The van der Waals surface area contributed by atoms with Crippen molar-refractivity contribution in [2.24, 2.45) is 5.41 Å². The van der Waals surface area contributed by atoms with Gasteiger partial charge in [0.25, 0.3) is 5.91 Å². The summed E-state index contributed by atoms with van der Waals surface area (Å²) < 4.78 is 34.3. The van der Waals surface area contributed by atoms with Crippen molar-refractivity contribution in [1.29, 1.82) is 0 Å². The summed E-state index contributed by atoms with van der Waals surface area (Å²) in [5.74, 6) is -0.00166. The minimum Gasteiger partial charge on any atom is -0.493 e. The van der Waals surface area contributed by atoms with Crippen molar-refractivity contribution < 1.29 is 22.1 Å². The Labute approximate surface area is 212 Å². The minimum atomic E-state index is -3.81. The summed E-state index contributed by atoms with van der Waals surface area (Å²) in [4.78, 5) is 18.3. The molecule has 0 radical (unpaired) electrons. The highest BCUT2D eigenvalue weighted by molar-refractivity contribution is 7.86. The van der Waals surface area contributed by atoms with E-state index >= 15 is 0 Å². The molecule has 0 fully saturated rings. The van der Waals surface area contributed by atoms with E-state index in [-0.39, 0.29) is 29.4 Å². The zero-order valence-electron chi connectivity index (χ0n) is 21.6. The fourth-order valence-corrected chi connectivity index (χ4v) is 5.37. The van der Waals surface area contributed by atoms with Crippen LogP contribution in [0.3, 0.4) is 0 Å². The van der Waals surface area contributed by atoms with E-state index in [0.717, 1.165) is 48.1 Å². The van der Waals surface area contributed by atoms with Crippen molar-refractivity contribution in [1.82, 2.24) is 20.5 Å². The lowest BCUT2D eigenvalue weighted by molar-refractivity contribution is 0.0966. The molecule has 2 aromatic carbocycles. The topological polar surface area (TPSA) is 113 Å². The third-order valence-electron chi connectivity index (χ3n) is 6.10. The Morgan fingerprint density at radius 3 is 2.58 bits per heavy atom. The largest absolute Gasteiger partial charge is 0.493 e. The van der Waals surface area contributed by atoms with Gasteiger partial charge in [0.15, 0.2) is 11.5 Å². The average Bonchev–Trinajstić information content (AvgIpc) is 3.35. The van der Waals surface area contributed by atoms with Gasteiger partial charge >= 0.3 is 10.1 Å². The zero-order chi connectivity index (χ0) is 26.3. The quantitative estimate of drug-likeness (QED) is 0.356. The first-order chi connectivity index (χ1) is 16.9. The molecule has 194 valence electrons. The number of nitrogens with zero attached hydrogens (tertiary/aromatic N) is 1. The van der Waals surface area contributed by atoms with Crippen LogP contribution in [0.5, 0.6) is 11.5 Å². The molecule has 4 rings (SSSR count). The predicted octanol–water partition coefficient (Wildman–Crippen LogP) is 3.10. The number of carbonyl (C=O) groups is 1. The molecule has 0 unspecified atom stereocenters. The Kier molecular flexibility index (Phi) is 7.05. The molecule has 0 aliphatic carbocycles. The summed E-state index contributed by atoms with van der Waals surface area (Å²) in [5.41, 5.74) is 4.45. The Hall–Kier alpha value is -3.08. The molecular weight excluding hydrogens is 480 g/mol. The summed E-state index contributed by atoms with van der Waals surface area (Å²) in [7, 11) is 1.80. The van der Waals surface area contributed by atoms with Gasteiger partial charge in [0.1, 0.15) is 0 Å². The van der Waals surface area contributed by atoms with Crippen LogP contribution in [0.4, 0.5) is 0 Å². The van der Waals surface area contributed by atoms with E-state index in [1.165, 1.54) is 7.11 Å². The van der Waals surface area contributed by atoms with Crippen molar-refractivity contribution in [2.45, 2.75) is 26.9 Å². The molecule has 1 aliphatic heterocycles. The molecule has 1 aromatic heterocycles. The lowest BCUT2D eigenvalue weighted by atomic mass is 9.93. The SMILES string of the molecule is COc1cc(-c2cc3cc(CNCC(C)(C)CN(C)C)ccc3[nH]2)c2c(c1OS(C)(=O)=O)CNC2=O.